The molecule has 18 rings (SSSR count). The molecule has 149 heavy (non-hydrogen) atoms. The van der Waals surface area contributed by atoms with Crippen LogP contribution < -0.4 is 28.4 Å². The Balaban J connectivity index is 0.000000159. The number of nitrogens with zero attached hydrogens (tertiary/aromatic N) is 4. The van der Waals surface area contributed by atoms with Gasteiger partial charge in [0.2, 0.25) is 17.4 Å². The van der Waals surface area contributed by atoms with Crippen molar-refractivity contribution in [1.29, 1.82) is 0 Å². The quantitative estimate of drug-likeness (QED) is 0.149. The summed E-state index contributed by atoms with van der Waals surface area (Å²) in [5.41, 5.74) is 22.4. The minimum absolute atomic E-state index is 0.0259. The molecule has 3 fully saturated rings. The highest BCUT2D eigenvalue weighted by Crippen LogP contribution is 2.56. The molecule has 3 aliphatic carbocycles. The van der Waals surface area contributed by atoms with Gasteiger partial charge in [0.1, 0.15) is 34.5 Å². The van der Waals surface area contributed by atoms with E-state index in [1.165, 1.54) is 182 Å². The van der Waals surface area contributed by atoms with Crippen LogP contribution in [-0.4, -0.2) is 103 Å². The first kappa shape index (κ1) is 112. The maximum atomic E-state index is 7.23. The van der Waals surface area contributed by atoms with E-state index in [-0.39, 0.29) is 95.4 Å². The van der Waals surface area contributed by atoms with E-state index in [9.17, 15) is 0 Å². The summed E-state index contributed by atoms with van der Waals surface area (Å²) >= 11 is 0. The highest BCUT2D eigenvalue weighted by molar-refractivity contribution is 8.18. The molecule has 0 amide bonds. The highest BCUT2D eigenvalue weighted by Gasteiger charge is 2.42. The summed E-state index contributed by atoms with van der Waals surface area (Å²) in [5, 5.41) is 3.02. The number of rotatable bonds is 6. The van der Waals surface area contributed by atoms with Gasteiger partial charge in [-0.3, -0.25) is 9.97 Å². The lowest BCUT2D eigenvalue weighted by atomic mass is 9.84. The second kappa shape index (κ2) is 46.3. The Hall–Kier alpha value is -9.14. The Morgan fingerprint density at radius 1 is 0.262 bits per heavy atom. The predicted octanol–water partition coefficient (Wildman–Crippen LogP) is 36.2. The van der Waals surface area contributed by atoms with Crippen molar-refractivity contribution in [2.75, 3.05) is 0 Å². The maximum Gasteiger partial charge on any atom is 0.246 e. The van der Waals surface area contributed by atoms with Crippen molar-refractivity contribution in [3.63, 3.8) is 0 Å². The summed E-state index contributed by atoms with van der Waals surface area (Å²) in [7, 11) is -0.795. The summed E-state index contributed by atoms with van der Waals surface area (Å²) < 4.78 is 59.8. The van der Waals surface area contributed by atoms with E-state index in [1.807, 2.05) is 76.5 Å². The van der Waals surface area contributed by atoms with Gasteiger partial charge in [-0.05, 0) is 214 Å². The number of hydrogen-bond donors (Lipinski definition) is 0. The van der Waals surface area contributed by atoms with E-state index in [0.29, 0.717) is 31.5 Å². The molecule has 0 N–H and O–H groups in total. The summed E-state index contributed by atoms with van der Waals surface area (Å²) in [4.78, 5) is 9.73. The smallest absolute Gasteiger partial charge is 0.246 e. The SMILES string of the molecule is C=S1Cc2cc(C(C)(C)C)cc(-c3ccccn3)c2OC(C)(C)Oc2c(cc(C(C)(C)C)cc2-c2ccccn2)CS(=C)C2CCCCCCC21.C=S1Cc2cc(C(C)(C)C)cc(-c3ccco3)c2OC(C)(C)Oc2c(cc(C(C)(C)C)cc2-c2ccco2)CS(=C)C2CCCCCCC21.C=S1Cc2cc(C(C)(C)C)cc(-n3cccc3)c2OC(C)(C)Oc2c(cc(C(C)(C)C)cc2-n2cccc2)CS(=C)C2CCCCCCC21. The average molecular weight is 2120 g/mol. The van der Waals surface area contributed by atoms with Crippen molar-refractivity contribution in [2.45, 2.75) is 398 Å². The lowest BCUT2D eigenvalue weighted by molar-refractivity contribution is -0.0822. The van der Waals surface area contributed by atoms with Crippen LogP contribution in [0.2, 0.25) is 0 Å². The van der Waals surface area contributed by atoms with Crippen molar-refractivity contribution in [3.05, 3.63) is 274 Å². The first-order chi connectivity index (χ1) is 70.3. The molecule has 0 radical (unpaired) electrons. The van der Waals surface area contributed by atoms with Crippen LogP contribution in [-0.2, 0) is 67.0 Å². The van der Waals surface area contributed by atoms with Gasteiger partial charge >= 0.3 is 0 Å². The molecule has 0 spiro atoms. The molecule has 800 valence electrons. The van der Waals surface area contributed by atoms with Crippen LogP contribution in [0, 0.1) is 0 Å². The van der Waals surface area contributed by atoms with Gasteiger partial charge in [0.25, 0.3) is 0 Å². The van der Waals surface area contributed by atoms with Crippen LogP contribution >= 0.6 is 62.9 Å². The molecule has 3 saturated carbocycles. The number of hydrogen-bond acceptors (Lipinski definition) is 10. The first-order valence-corrected chi connectivity index (χ1v) is 64.4. The topological polar surface area (TPSA) is 117 Å². The van der Waals surface area contributed by atoms with Crippen LogP contribution in [0.3, 0.4) is 0 Å². The molecule has 6 aliphatic rings. The number of ether oxygens (including phenoxy) is 6. The Bertz CT molecular complexity index is 6110. The largest absolute Gasteiger partial charge is 0.464 e. The molecule has 9 heterocycles. The van der Waals surface area contributed by atoms with E-state index < -0.39 is 17.4 Å². The highest BCUT2D eigenvalue weighted by atomic mass is 32.2. The van der Waals surface area contributed by atoms with Crippen LogP contribution in [0.15, 0.2) is 216 Å². The molecule has 12 atom stereocenters. The second-order valence-corrected chi connectivity index (χ2v) is 62.0. The van der Waals surface area contributed by atoms with Crippen molar-refractivity contribution in [3.8, 4) is 91.0 Å². The fourth-order valence-corrected chi connectivity index (χ4v) is 36.2. The second-order valence-electron chi connectivity index (χ2n) is 50.2. The zero-order chi connectivity index (χ0) is 107. The van der Waals surface area contributed by atoms with Gasteiger partial charge < -0.3 is 46.4 Å². The molecule has 12 aromatic rings. The fraction of sp³-hybridized carbons (Fsp3) is 0.481. The van der Waals surface area contributed by atoms with Crippen LogP contribution in [0.5, 0.6) is 34.5 Å². The fourth-order valence-electron chi connectivity index (χ4n) is 22.0. The van der Waals surface area contributed by atoms with Crippen LogP contribution in [0.25, 0.3) is 56.5 Å². The molecule has 6 aromatic carbocycles. The number of fused-ring (bicyclic) bond motifs is 9. The molecule has 18 heteroatoms. The summed E-state index contributed by atoms with van der Waals surface area (Å²) in [6, 6.07) is 56.5. The molecule has 3 aliphatic heterocycles. The van der Waals surface area contributed by atoms with Crippen LogP contribution in [0.1, 0.15) is 349 Å². The molecule has 0 saturated heterocycles. The van der Waals surface area contributed by atoms with Crippen LogP contribution in [0.4, 0.5) is 0 Å². The van der Waals surface area contributed by atoms with Crippen molar-refractivity contribution in [1.82, 2.24) is 19.1 Å². The van der Waals surface area contributed by atoms with E-state index in [1.54, 1.807) is 12.5 Å². The molecule has 0 bridgehead atoms. The van der Waals surface area contributed by atoms with Crippen molar-refractivity contribution < 1.29 is 37.3 Å². The average Bonchev–Trinajstić information content (AvgIpc) is 1.58. The van der Waals surface area contributed by atoms with E-state index in [0.717, 1.165) is 126 Å². The predicted molar refractivity (Wildman–Crippen MR) is 654 cm³/mol. The van der Waals surface area contributed by atoms with Gasteiger partial charge in [0.15, 0.2) is 11.5 Å². The minimum atomic E-state index is -1.03. The lowest BCUT2D eigenvalue weighted by Crippen LogP contribution is -2.37. The molecular formula is C131H172N4O8S6. The lowest BCUT2D eigenvalue weighted by Gasteiger charge is -2.34. The monoisotopic (exact) mass is 2120 g/mol. The van der Waals surface area contributed by atoms with Gasteiger partial charge in [0.05, 0.1) is 46.4 Å². The van der Waals surface area contributed by atoms with Gasteiger partial charge in [-0.1, -0.05) is 285 Å². The summed E-state index contributed by atoms with van der Waals surface area (Å²) in [6.07, 6.45) is 38.4. The Kier molecular flexibility index (Phi) is 34.9. The summed E-state index contributed by atoms with van der Waals surface area (Å²) in [6.45, 7) is 53.4. The molecular weight excluding hydrogens is 1950 g/mol. The third-order valence-corrected chi connectivity index (χ3v) is 43.6. The standard InChI is InChI=1S/C45H58N2O2S2.C43H58N2O2S2.C43H56O4S2/c1-43(2,3)33-25-31-29-50(9)39-21-13-11-12-14-22-40(39)51(10)30-32-26-34(44(4,5)6)28-36(38-20-16-18-24-47-38)42(32)49-45(7,8)48-41(31)35(27-33)37-19-15-17-23-46-37;1-41(2,3)33-25-31-29-48(9)37-19-13-11-12-14-20-38(37)49(10)30-32-26-34(42(4,5)6)28-36(45-23-17-18-24-45)40(32)47-43(7,8)46-39(31)35(27-33)44-21-15-16-22-44;1-41(2,3)31-23-29-27-48(9)37-19-13-11-12-14-20-38(37)49(10)28-30-24-32(42(4,5)6)26-34(36-18-16-22-45-36)40(30)47-43(7,8)46-39(29)33(25-31)35-17-15-21-44-35/h15-20,23-28,39-40H,9-14,21-22,29-30H2,1-8H3;15-18,21-28,37-38H,9-14,19-20,29-30H2,1-8H3;15-18,21-26,37-38H,9-14,19-20,27-28H2,1-8H3. The zero-order valence-corrected chi connectivity index (χ0v) is 99.2. The van der Waals surface area contributed by atoms with E-state index in [2.05, 4.69) is 294 Å². The van der Waals surface area contributed by atoms with Gasteiger partial charge in [0, 0.05) is 189 Å². The third-order valence-electron chi connectivity index (χ3n) is 30.5. The third kappa shape index (κ3) is 27.4. The van der Waals surface area contributed by atoms with E-state index >= 15 is 0 Å². The summed E-state index contributed by atoms with van der Waals surface area (Å²) in [5.74, 6) is 38.8. The maximum absolute atomic E-state index is 7.23. The number of pyridine rings is 2. The number of furan rings is 2. The molecule has 12 nitrogen and oxygen atoms in total. The molecule has 12 unspecified atom stereocenters. The minimum Gasteiger partial charge on any atom is -0.464 e. The molecule has 6 aromatic heterocycles. The number of benzene rings is 6. The van der Waals surface area contributed by atoms with Crippen molar-refractivity contribution in [2.24, 2.45) is 0 Å². The number of aromatic nitrogens is 4. The normalized spacial score (nSPS) is 23.3. The van der Waals surface area contributed by atoms with Gasteiger partial charge in [-0.15, -0.1) is 0 Å². The van der Waals surface area contributed by atoms with Gasteiger partial charge in [-0.25, -0.2) is 0 Å². The Labute approximate surface area is 910 Å². The van der Waals surface area contributed by atoms with Crippen molar-refractivity contribution >= 4 is 98.1 Å². The Morgan fingerprint density at radius 3 is 0.705 bits per heavy atom. The van der Waals surface area contributed by atoms with E-state index in [4.69, 9.17) is 82.4 Å². The van der Waals surface area contributed by atoms with Gasteiger partial charge in [-0.2, -0.15) is 62.9 Å². The zero-order valence-electron chi connectivity index (χ0n) is 94.3. The Morgan fingerprint density at radius 2 is 0.483 bits per heavy atom. The first-order valence-electron chi connectivity index (χ1n) is 54.6.